The van der Waals surface area contributed by atoms with Gasteiger partial charge in [0.05, 0.1) is 6.20 Å². The fourth-order valence-corrected chi connectivity index (χ4v) is 2.44. The third-order valence-electron chi connectivity index (χ3n) is 1.63. The fraction of sp³-hybridized carbons (Fsp3) is 0. The van der Waals surface area contributed by atoms with Gasteiger partial charge in [-0.05, 0) is 0 Å². The van der Waals surface area contributed by atoms with Crippen molar-refractivity contribution < 1.29 is 8.42 Å². The number of hydrogen-bond acceptors (Lipinski definition) is 7. The molecule has 82 valence electrons. The molecule has 0 aliphatic heterocycles. The predicted octanol–water partition coefficient (Wildman–Crippen LogP) is -1.33. The molecule has 0 aromatic carbocycles. The highest BCUT2D eigenvalue weighted by atomic mass is 32.2. The number of nitrogens with two attached hydrogens (primary N) is 1. The minimum Gasteiger partial charge on any atom is -0.266 e. The third-order valence-corrected chi connectivity index (χ3v) is 3.86. The largest absolute Gasteiger partial charge is 0.293 e. The molecule has 0 fully saturated rings. The molecule has 0 saturated heterocycles. The van der Waals surface area contributed by atoms with Gasteiger partial charge in [0.15, 0.2) is 0 Å². The van der Waals surface area contributed by atoms with Crippen LogP contribution < -0.4 is 10.7 Å². The Hall–Kier alpha value is -1.83. The molecule has 0 bridgehead atoms. The second-order valence-corrected chi connectivity index (χ2v) is 5.39. The zero-order chi connectivity index (χ0) is 11.9. The summed E-state index contributed by atoms with van der Waals surface area (Å²) in [6, 6.07) is 1.62. The van der Waals surface area contributed by atoms with E-state index in [1.807, 2.05) is 0 Å². The molecule has 8 nitrogen and oxygen atoms in total. The van der Waals surface area contributed by atoms with Crippen LogP contribution in [0.2, 0.25) is 0 Å². The summed E-state index contributed by atoms with van der Waals surface area (Å²) in [4.78, 5) is 15.3. The lowest BCUT2D eigenvalue weighted by Crippen LogP contribution is -2.19. The minimum atomic E-state index is -3.98. The van der Waals surface area contributed by atoms with Gasteiger partial charge in [-0.1, -0.05) is 11.3 Å². The van der Waals surface area contributed by atoms with Crippen LogP contribution in [0.3, 0.4) is 0 Å². The Kier molecular flexibility index (Phi) is 2.23. The smallest absolute Gasteiger partial charge is 0.266 e. The molecule has 0 aliphatic rings. The van der Waals surface area contributed by atoms with E-state index in [1.54, 1.807) is 6.07 Å². The average Bonchev–Trinajstić information content (AvgIpc) is 2.62. The Morgan fingerprint density at radius 3 is 2.81 bits per heavy atom. The maximum Gasteiger partial charge on any atom is 0.293 e. The SMILES string of the molecule is N#Cc1cnc2sc(S(N)(=O)=O)nn2c1=O. The molecular formula is C6H3N5O3S2. The summed E-state index contributed by atoms with van der Waals surface area (Å²) in [7, 11) is -3.98. The van der Waals surface area contributed by atoms with Crippen LogP contribution in [0.1, 0.15) is 5.56 Å². The predicted molar refractivity (Wildman–Crippen MR) is 53.2 cm³/mol. The number of nitrogens with zero attached hydrogens (tertiary/aromatic N) is 4. The molecule has 0 amide bonds. The molecule has 0 atom stereocenters. The molecule has 2 aromatic rings. The molecule has 10 heteroatoms. The van der Waals surface area contributed by atoms with Gasteiger partial charge in [0, 0.05) is 0 Å². The number of rotatable bonds is 1. The highest BCUT2D eigenvalue weighted by molar-refractivity contribution is 7.91. The van der Waals surface area contributed by atoms with E-state index in [9.17, 15) is 13.2 Å². The second kappa shape index (κ2) is 3.34. The van der Waals surface area contributed by atoms with E-state index >= 15 is 0 Å². The zero-order valence-corrected chi connectivity index (χ0v) is 9.12. The normalized spacial score (nSPS) is 11.5. The maximum atomic E-state index is 11.5. The van der Waals surface area contributed by atoms with Crippen LogP contribution in [-0.2, 0) is 10.0 Å². The molecule has 0 radical (unpaired) electrons. The molecule has 2 heterocycles. The van der Waals surface area contributed by atoms with Crippen LogP contribution in [0.4, 0.5) is 0 Å². The van der Waals surface area contributed by atoms with E-state index in [1.165, 1.54) is 0 Å². The van der Waals surface area contributed by atoms with Crippen LogP contribution >= 0.6 is 11.3 Å². The van der Waals surface area contributed by atoms with E-state index in [4.69, 9.17) is 10.4 Å². The van der Waals surface area contributed by atoms with Crippen LogP contribution in [0.25, 0.3) is 4.96 Å². The first-order valence-corrected chi connectivity index (χ1v) is 6.11. The summed E-state index contributed by atoms with van der Waals surface area (Å²) < 4.78 is 22.3. The summed E-state index contributed by atoms with van der Waals surface area (Å²) in [5.41, 5.74) is -0.942. The van der Waals surface area contributed by atoms with Crippen molar-refractivity contribution in [3.05, 3.63) is 22.1 Å². The van der Waals surface area contributed by atoms with E-state index < -0.39 is 19.9 Å². The minimum absolute atomic E-state index is 0.0630. The van der Waals surface area contributed by atoms with E-state index in [-0.39, 0.29) is 10.5 Å². The van der Waals surface area contributed by atoms with Crippen molar-refractivity contribution in [2.75, 3.05) is 0 Å². The molecule has 16 heavy (non-hydrogen) atoms. The summed E-state index contributed by atoms with van der Waals surface area (Å²) in [5.74, 6) is 0. The lowest BCUT2D eigenvalue weighted by molar-refractivity contribution is 0.594. The highest BCUT2D eigenvalue weighted by Gasteiger charge is 2.17. The first kappa shape index (κ1) is 10.7. The molecule has 0 aliphatic carbocycles. The van der Waals surface area contributed by atoms with E-state index in [0.29, 0.717) is 11.3 Å². The lowest BCUT2D eigenvalue weighted by Gasteiger charge is -1.88. The monoisotopic (exact) mass is 257 g/mol. The van der Waals surface area contributed by atoms with E-state index in [2.05, 4.69) is 10.1 Å². The van der Waals surface area contributed by atoms with Crippen LogP contribution in [0.5, 0.6) is 0 Å². The molecule has 0 spiro atoms. The third kappa shape index (κ3) is 1.56. The number of aromatic nitrogens is 3. The first-order valence-electron chi connectivity index (χ1n) is 3.75. The summed E-state index contributed by atoms with van der Waals surface area (Å²) >= 11 is 0.656. The molecular weight excluding hydrogens is 254 g/mol. The molecule has 2 rings (SSSR count). The van der Waals surface area contributed by atoms with E-state index in [0.717, 1.165) is 10.7 Å². The quantitative estimate of drug-likeness (QED) is 0.673. The number of fused-ring (bicyclic) bond motifs is 1. The maximum absolute atomic E-state index is 11.5. The van der Waals surface area contributed by atoms with Crippen LogP contribution in [0.15, 0.2) is 15.3 Å². The van der Waals surface area contributed by atoms with Gasteiger partial charge < -0.3 is 0 Å². The van der Waals surface area contributed by atoms with Gasteiger partial charge >= 0.3 is 0 Å². The van der Waals surface area contributed by atoms with Gasteiger partial charge in [0.1, 0.15) is 11.6 Å². The molecule has 2 aromatic heterocycles. The Bertz CT molecular complexity index is 766. The second-order valence-electron chi connectivity index (χ2n) is 2.70. The van der Waals surface area contributed by atoms with Gasteiger partial charge in [-0.15, -0.1) is 5.10 Å². The molecule has 2 N–H and O–H groups in total. The van der Waals surface area contributed by atoms with Crippen molar-refractivity contribution in [2.24, 2.45) is 5.14 Å². The van der Waals surface area contributed by atoms with Gasteiger partial charge in [-0.25, -0.2) is 18.5 Å². The number of hydrogen-bond donors (Lipinski definition) is 1. The van der Waals surface area contributed by atoms with Gasteiger partial charge in [-0.2, -0.15) is 9.78 Å². The standard InChI is InChI=1S/C6H3N5O3S2/c7-1-3-2-9-5-11(4(3)12)10-6(15-5)16(8,13)14/h2H,(H2,8,13,14). The lowest BCUT2D eigenvalue weighted by atomic mass is 10.4. The summed E-state index contributed by atoms with van der Waals surface area (Å²) in [6.45, 7) is 0. The fourth-order valence-electron chi connectivity index (χ4n) is 0.960. The van der Waals surface area contributed by atoms with Gasteiger partial charge in [-0.3, -0.25) is 4.79 Å². The van der Waals surface area contributed by atoms with Crippen LogP contribution in [-0.4, -0.2) is 23.0 Å². The Labute approximate surface area is 92.6 Å². The Balaban J connectivity index is 2.89. The average molecular weight is 257 g/mol. The summed E-state index contributed by atoms with van der Waals surface area (Å²) in [6.07, 6.45) is 1.06. The van der Waals surface area contributed by atoms with Gasteiger partial charge in [0.2, 0.25) is 9.30 Å². The van der Waals surface area contributed by atoms with Crippen molar-refractivity contribution in [2.45, 2.75) is 4.34 Å². The van der Waals surface area contributed by atoms with Gasteiger partial charge in [0.25, 0.3) is 15.6 Å². The Morgan fingerprint density at radius 1 is 1.56 bits per heavy atom. The number of primary sulfonamides is 1. The van der Waals surface area contributed by atoms with Crippen molar-refractivity contribution in [3.63, 3.8) is 0 Å². The number of sulfonamides is 1. The van der Waals surface area contributed by atoms with Crippen molar-refractivity contribution in [1.82, 2.24) is 14.6 Å². The highest BCUT2D eigenvalue weighted by Crippen LogP contribution is 2.14. The molecule has 0 unspecified atom stereocenters. The summed E-state index contributed by atoms with van der Waals surface area (Å²) in [5, 5.41) is 16.9. The first-order chi connectivity index (χ1) is 7.43. The Morgan fingerprint density at radius 2 is 2.25 bits per heavy atom. The van der Waals surface area contributed by atoms with Crippen LogP contribution in [0, 0.1) is 11.3 Å². The van der Waals surface area contributed by atoms with Crippen molar-refractivity contribution in [3.8, 4) is 6.07 Å². The van der Waals surface area contributed by atoms with Crippen molar-refractivity contribution in [1.29, 1.82) is 5.26 Å². The zero-order valence-electron chi connectivity index (χ0n) is 7.48. The topological polar surface area (TPSA) is 131 Å². The molecule has 0 saturated carbocycles. The van der Waals surface area contributed by atoms with Crippen molar-refractivity contribution >= 4 is 26.3 Å². The number of nitriles is 1.